The minimum absolute atomic E-state index is 0.0303. The van der Waals surface area contributed by atoms with E-state index in [0.29, 0.717) is 17.7 Å². The predicted octanol–water partition coefficient (Wildman–Crippen LogP) is 2.09. The number of nitrogens with zero attached hydrogens (tertiary/aromatic N) is 3. The lowest BCUT2D eigenvalue weighted by molar-refractivity contribution is -0.388. The average Bonchev–Trinajstić information content (AvgIpc) is 2.71. The predicted molar refractivity (Wildman–Crippen MR) is 69.8 cm³/mol. The number of anilines is 1. The maximum atomic E-state index is 11.1. The summed E-state index contributed by atoms with van der Waals surface area (Å²) in [6, 6.07) is 0.444. The Bertz CT molecular complexity index is 551. The highest BCUT2D eigenvalue weighted by Gasteiger charge is 2.65. The third-order valence-electron chi connectivity index (χ3n) is 5.51. The van der Waals surface area contributed by atoms with Gasteiger partial charge in [-0.25, -0.2) is 0 Å². The van der Waals surface area contributed by atoms with Crippen molar-refractivity contribution in [2.24, 2.45) is 30.7 Å². The summed E-state index contributed by atoms with van der Waals surface area (Å²) in [5.74, 6) is 4.48. The molecule has 1 aromatic rings. The fourth-order valence-electron chi connectivity index (χ4n) is 4.56. The third-order valence-corrected chi connectivity index (χ3v) is 5.51. The zero-order valence-corrected chi connectivity index (χ0v) is 11.2. The number of hydrogen-bond acceptors (Lipinski definition) is 4. The van der Waals surface area contributed by atoms with E-state index in [1.807, 2.05) is 7.05 Å². The van der Waals surface area contributed by atoms with Crippen molar-refractivity contribution >= 4 is 11.6 Å². The van der Waals surface area contributed by atoms with Crippen LogP contribution in [0.3, 0.4) is 0 Å². The van der Waals surface area contributed by atoms with Crippen LogP contribution >= 0.6 is 0 Å². The molecule has 1 heterocycles. The van der Waals surface area contributed by atoms with Crippen molar-refractivity contribution in [2.75, 3.05) is 5.32 Å². The van der Waals surface area contributed by atoms with Crippen LogP contribution in [-0.4, -0.2) is 20.5 Å². The zero-order valence-electron chi connectivity index (χ0n) is 11.2. The van der Waals surface area contributed by atoms with Crippen LogP contribution in [0.15, 0.2) is 0 Å². The summed E-state index contributed by atoms with van der Waals surface area (Å²) < 4.78 is 1.80. The van der Waals surface area contributed by atoms with E-state index in [0.717, 1.165) is 23.7 Å². The van der Waals surface area contributed by atoms with E-state index in [4.69, 9.17) is 0 Å². The van der Waals surface area contributed by atoms with Crippen molar-refractivity contribution < 1.29 is 4.92 Å². The Kier molecular flexibility index (Phi) is 2.07. The molecule has 3 aliphatic rings. The highest BCUT2D eigenvalue weighted by atomic mass is 16.6. The highest BCUT2D eigenvalue weighted by Crippen LogP contribution is 2.66. The topological polar surface area (TPSA) is 73.0 Å². The fourth-order valence-corrected chi connectivity index (χ4v) is 4.56. The molecule has 1 aromatic heterocycles. The van der Waals surface area contributed by atoms with Gasteiger partial charge in [-0.3, -0.25) is 4.57 Å². The number of nitrogens with one attached hydrogen (secondary N) is 1. The van der Waals surface area contributed by atoms with E-state index in [1.165, 1.54) is 19.3 Å². The van der Waals surface area contributed by atoms with Crippen LogP contribution in [0.1, 0.15) is 25.1 Å². The van der Waals surface area contributed by atoms with Gasteiger partial charge in [-0.05, 0) is 52.8 Å². The molecule has 19 heavy (non-hydrogen) atoms. The maximum Gasteiger partial charge on any atom is 0.406 e. The Morgan fingerprint density at radius 2 is 2.00 bits per heavy atom. The highest BCUT2D eigenvalue weighted by molar-refractivity contribution is 5.55. The van der Waals surface area contributed by atoms with Gasteiger partial charge < -0.3 is 15.4 Å². The smallest absolute Gasteiger partial charge is 0.361 e. The van der Waals surface area contributed by atoms with Crippen LogP contribution in [0, 0.1) is 40.7 Å². The number of aryl methyl sites for hydroxylation is 1. The molecule has 4 unspecified atom stereocenters. The summed E-state index contributed by atoms with van der Waals surface area (Å²) in [6.07, 6.45) is 4.10. The number of nitro groups is 1. The largest absolute Gasteiger partial charge is 0.406 e. The van der Waals surface area contributed by atoms with Crippen molar-refractivity contribution in [3.8, 4) is 0 Å². The molecule has 6 heteroatoms. The molecule has 0 spiro atoms. The second kappa shape index (κ2) is 3.49. The van der Waals surface area contributed by atoms with Gasteiger partial charge in [-0.15, -0.1) is 0 Å². The maximum absolute atomic E-state index is 11.1. The van der Waals surface area contributed by atoms with Crippen LogP contribution in [-0.2, 0) is 7.05 Å². The SMILES string of the molecule is Cc1nc([N+](=O)[O-])c(NC2C3C4CCC(C4)C23)n1C. The van der Waals surface area contributed by atoms with Gasteiger partial charge in [-0.2, -0.15) is 0 Å². The number of fused-ring (bicyclic) bond motifs is 5. The standard InChI is InChI=1S/C13H18N4O2/c1-6-14-13(17(18)19)12(16(6)2)15-11-9-7-3-4-8(5-7)10(9)11/h7-11,15H,3-5H2,1-2H3. The van der Waals surface area contributed by atoms with E-state index >= 15 is 0 Å². The quantitative estimate of drug-likeness (QED) is 0.668. The van der Waals surface area contributed by atoms with Crippen LogP contribution in [0.4, 0.5) is 11.6 Å². The molecule has 0 amide bonds. The van der Waals surface area contributed by atoms with E-state index in [9.17, 15) is 10.1 Å². The monoisotopic (exact) mass is 262 g/mol. The molecule has 0 saturated heterocycles. The van der Waals surface area contributed by atoms with E-state index < -0.39 is 0 Å². The molecule has 4 atom stereocenters. The molecule has 0 aromatic carbocycles. The van der Waals surface area contributed by atoms with Gasteiger partial charge >= 0.3 is 5.82 Å². The first-order valence-corrected chi connectivity index (χ1v) is 7.02. The Labute approximate surface area is 111 Å². The Morgan fingerprint density at radius 3 is 2.58 bits per heavy atom. The minimum Gasteiger partial charge on any atom is -0.361 e. The van der Waals surface area contributed by atoms with Gasteiger partial charge in [0, 0.05) is 20.0 Å². The van der Waals surface area contributed by atoms with Crippen LogP contribution in [0.25, 0.3) is 0 Å². The lowest BCUT2D eigenvalue weighted by Gasteiger charge is -2.11. The molecule has 0 aliphatic heterocycles. The molecule has 3 aliphatic carbocycles. The normalized spacial score (nSPS) is 38.3. The zero-order chi connectivity index (χ0) is 13.3. The summed E-state index contributed by atoms with van der Waals surface area (Å²) in [5.41, 5.74) is 0. The summed E-state index contributed by atoms with van der Waals surface area (Å²) in [6.45, 7) is 1.80. The van der Waals surface area contributed by atoms with E-state index in [1.54, 1.807) is 11.5 Å². The Balaban J connectivity index is 1.60. The van der Waals surface area contributed by atoms with Gasteiger partial charge in [0.05, 0.1) is 0 Å². The molecular formula is C13H18N4O2. The van der Waals surface area contributed by atoms with Gasteiger partial charge in [0.2, 0.25) is 11.6 Å². The molecule has 102 valence electrons. The van der Waals surface area contributed by atoms with Gasteiger partial charge in [-0.1, -0.05) is 0 Å². The fraction of sp³-hybridized carbons (Fsp3) is 0.769. The molecule has 3 fully saturated rings. The van der Waals surface area contributed by atoms with Gasteiger partial charge in [0.1, 0.15) is 0 Å². The van der Waals surface area contributed by atoms with E-state index in [2.05, 4.69) is 10.3 Å². The average molecular weight is 262 g/mol. The van der Waals surface area contributed by atoms with Crippen molar-refractivity contribution in [3.05, 3.63) is 15.9 Å². The molecule has 3 saturated carbocycles. The summed E-state index contributed by atoms with van der Waals surface area (Å²) in [5, 5.41) is 14.5. The number of aromatic nitrogens is 2. The summed E-state index contributed by atoms with van der Waals surface area (Å²) in [4.78, 5) is 14.7. The van der Waals surface area contributed by atoms with Crippen molar-refractivity contribution in [3.63, 3.8) is 0 Å². The van der Waals surface area contributed by atoms with E-state index in [-0.39, 0.29) is 10.7 Å². The van der Waals surface area contributed by atoms with Gasteiger partial charge in [0.25, 0.3) is 0 Å². The molecule has 6 nitrogen and oxygen atoms in total. The third kappa shape index (κ3) is 1.40. The van der Waals surface area contributed by atoms with Crippen molar-refractivity contribution in [1.29, 1.82) is 0 Å². The molecule has 4 rings (SSSR count). The Morgan fingerprint density at radius 1 is 1.37 bits per heavy atom. The molecule has 1 N–H and O–H groups in total. The molecule has 2 bridgehead atoms. The first-order chi connectivity index (χ1) is 9.08. The molecular weight excluding hydrogens is 244 g/mol. The number of rotatable bonds is 3. The van der Waals surface area contributed by atoms with Crippen molar-refractivity contribution in [1.82, 2.24) is 9.55 Å². The minimum atomic E-state index is -0.387. The van der Waals surface area contributed by atoms with Crippen LogP contribution in [0.5, 0.6) is 0 Å². The lowest BCUT2D eigenvalue weighted by atomic mass is 10.0. The Hall–Kier alpha value is -1.59. The number of hydrogen-bond donors (Lipinski definition) is 1. The second-order valence-electron chi connectivity index (χ2n) is 6.31. The summed E-state index contributed by atoms with van der Waals surface area (Å²) >= 11 is 0. The van der Waals surface area contributed by atoms with Gasteiger partial charge in [0.15, 0.2) is 0 Å². The first-order valence-electron chi connectivity index (χ1n) is 7.02. The number of imidazole rings is 1. The second-order valence-corrected chi connectivity index (χ2v) is 6.31. The summed E-state index contributed by atoms with van der Waals surface area (Å²) in [7, 11) is 1.84. The molecule has 0 radical (unpaired) electrons. The van der Waals surface area contributed by atoms with Crippen LogP contribution < -0.4 is 5.32 Å². The first kappa shape index (κ1) is 11.3. The lowest BCUT2D eigenvalue weighted by Crippen LogP contribution is -2.15. The van der Waals surface area contributed by atoms with Crippen molar-refractivity contribution in [2.45, 2.75) is 32.2 Å². The van der Waals surface area contributed by atoms with Crippen LogP contribution in [0.2, 0.25) is 0 Å².